The number of imidazole rings is 1. The van der Waals surface area contributed by atoms with Crippen LogP contribution in [0.1, 0.15) is 29.5 Å². The Kier molecular flexibility index (Phi) is 4.68. The summed E-state index contributed by atoms with van der Waals surface area (Å²) in [6.07, 6.45) is 3.84. The number of carboxylic acids is 1. The SMILES string of the molecule is O=C(O)CN1C(=O)C(=Cc2c(-c3ccc(F)cc3)nc3sc(C4CC4)nn23)SC1=S. The molecule has 1 saturated heterocycles. The number of nitrogens with zero attached hydrogens (tertiary/aromatic N) is 4. The number of carbonyl (C=O) groups is 2. The molecule has 11 heteroatoms. The lowest BCUT2D eigenvalue weighted by molar-refractivity contribution is -0.140. The highest BCUT2D eigenvalue weighted by Crippen LogP contribution is 2.43. The van der Waals surface area contributed by atoms with Crippen molar-refractivity contribution in [1.29, 1.82) is 0 Å². The van der Waals surface area contributed by atoms with Crippen LogP contribution in [0, 0.1) is 5.82 Å². The zero-order valence-corrected chi connectivity index (χ0v) is 17.7. The lowest BCUT2D eigenvalue weighted by atomic mass is 10.1. The molecule has 0 unspecified atom stereocenters. The first-order chi connectivity index (χ1) is 14.4. The Morgan fingerprint density at radius 3 is 2.73 bits per heavy atom. The second-order valence-electron chi connectivity index (χ2n) is 6.92. The van der Waals surface area contributed by atoms with Crippen LogP contribution >= 0.6 is 35.3 Å². The number of aromatic nitrogens is 3. The summed E-state index contributed by atoms with van der Waals surface area (Å²) in [6.45, 7) is -0.489. The minimum atomic E-state index is -1.14. The third kappa shape index (κ3) is 3.42. The number of carbonyl (C=O) groups excluding carboxylic acids is 1. The van der Waals surface area contributed by atoms with Gasteiger partial charge in [0.05, 0.1) is 16.3 Å². The molecule has 7 nitrogen and oxygen atoms in total. The molecule has 1 aliphatic heterocycles. The Labute approximate surface area is 183 Å². The van der Waals surface area contributed by atoms with E-state index in [4.69, 9.17) is 17.3 Å². The summed E-state index contributed by atoms with van der Waals surface area (Å²) in [7, 11) is 0. The molecular formula is C19H13FN4O3S3. The van der Waals surface area contributed by atoms with Crippen molar-refractivity contribution in [2.45, 2.75) is 18.8 Å². The van der Waals surface area contributed by atoms with Gasteiger partial charge in [0.2, 0.25) is 4.96 Å². The molecule has 1 aliphatic carbocycles. The summed E-state index contributed by atoms with van der Waals surface area (Å²) in [5.41, 5.74) is 1.84. The van der Waals surface area contributed by atoms with Gasteiger partial charge in [-0.2, -0.15) is 5.10 Å². The molecule has 2 fully saturated rings. The molecule has 0 radical (unpaired) electrons. The van der Waals surface area contributed by atoms with Crippen LogP contribution < -0.4 is 0 Å². The molecule has 2 aliphatic rings. The first kappa shape index (κ1) is 19.3. The molecule has 1 aromatic carbocycles. The van der Waals surface area contributed by atoms with E-state index in [1.54, 1.807) is 22.7 Å². The van der Waals surface area contributed by atoms with E-state index in [0.717, 1.165) is 34.5 Å². The lowest BCUT2D eigenvalue weighted by Crippen LogP contribution is -2.33. The Balaban J connectivity index is 1.62. The van der Waals surface area contributed by atoms with Gasteiger partial charge >= 0.3 is 5.97 Å². The lowest BCUT2D eigenvalue weighted by Gasteiger charge is -2.10. The van der Waals surface area contributed by atoms with Gasteiger partial charge in [-0.15, -0.1) is 0 Å². The van der Waals surface area contributed by atoms with Crippen LogP contribution in [-0.2, 0) is 9.59 Å². The van der Waals surface area contributed by atoms with Gasteiger partial charge in [-0.25, -0.2) is 13.9 Å². The molecule has 1 N–H and O–H groups in total. The molecule has 3 heterocycles. The number of carboxylic acid groups (broad SMARTS) is 1. The van der Waals surface area contributed by atoms with Gasteiger partial charge < -0.3 is 5.11 Å². The molecule has 0 bridgehead atoms. The number of halogens is 1. The highest BCUT2D eigenvalue weighted by molar-refractivity contribution is 8.26. The third-order valence-electron chi connectivity index (χ3n) is 4.73. The Bertz CT molecular complexity index is 1240. The van der Waals surface area contributed by atoms with Crippen molar-refractivity contribution in [1.82, 2.24) is 19.5 Å². The van der Waals surface area contributed by atoms with Crippen LogP contribution in [0.3, 0.4) is 0 Å². The normalized spacial score (nSPS) is 18.2. The summed E-state index contributed by atoms with van der Waals surface area (Å²) < 4.78 is 15.3. The number of hydrogen-bond acceptors (Lipinski definition) is 7. The van der Waals surface area contributed by atoms with Crippen LogP contribution in [0.2, 0.25) is 0 Å². The number of hydrogen-bond donors (Lipinski definition) is 1. The fourth-order valence-corrected chi connectivity index (χ4v) is 5.42. The van der Waals surface area contributed by atoms with Crippen LogP contribution in [0.5, 0.6) is 0 Å². The molecule has 5 rings (SSSR count). The number of amides is 1. The van der Waals surface area contributed by atoms with Crippen molar-refractivity contribution in [3.63, 3.8) is 0 Å². The fraction of sp³-hybridized carbons (Fsp3) is 0.211. The second-order valence-corrected chi connectivity index (χ2v) is 9.59. The van der Waals surface area contributed by atoms with Gasteiger partial charge in [0, 0.05) is 11.5 Å². The number of thioether (sulfide) groups is 1. The summed E-state index contributed by atoms with van der Waals surface area (Å²) >= 11 is 7.72. The van der Waals surface area contributed by atoms with E-state index in [9.17, 15) is 14.0 Å². The van der Waals surface area contributed by atoms with E-state index in [1.807, 2.05) is 0 Å². The summed E-state index contributed by atoms with van der Waals surface area (Å²) in [6, 6.07) is 5.94. The predicted molar refractivity (Wildman–Crippen MR) is 116 cm³/mol. The number of rotatable bonds is 5. The van der Waals surface area contributed by atoms with Crippen LogP contribution in [-0.4, -0.2) is 47.3 Å². The molecule has 3 aromatic rings. The van der Waals surface area contributed by atoms with Crippen molar-refractivity contribution in [3.05, 3.63) is 45.7 Å². The maximum atomic E-state index is 13.4. The minimum absolute atomic E-state index is 0.190. The average molecular weight is 461 g/mol. The molecule has 2 aromatic heterocycles. The maximum absolute atomic E-state index is 13.4. The number of fused-ring (bicyclic) bond motifs is 1. The van der Waals surface area contributed by atoms with E-state index < -0.39 is 18.4 Å². The smallest absolute Gasteiger partial charge is 0.323 e. The highest BCUT2D eigenvalue weighted by atomic mass is 32.2. The van der Waals surface area contributed by atoms with Gasteiger partial charge in [-0.3, -0.25) is 14.5 Å². The molecule has 0 atom stereocenters. The second kappa shape index (κ2) is 7.25. The van der Waals surface area contributed by atoms with E-state index in [1.165, 1.54) is 23.5 Å². The Morgan fingerprint density at radius 1 is 1.33 bits per heavy atom. The van der Waals surface area contributed by atoms with Gasteiger partial charge in [-0.05, 0) is 43.2 Å². The maximum Gasteiger partial charge on any atom is 0.323 e. The molecule has 0 spiro atoms. The van der Waals surface area contributed by atoms with Crippen molar-refractivity contribution < 1.29 is 19.1 Å². The Morgan fingerprint density at radius 2 is 2.07 bits per heavy atom. The standard InChI is InChI=1S/C19H13FN4O3S3/c20-11-5-3-9(4-6-11)15-12(24-18(21-15)30-16(22-24)10-1-2-10)7-13-17(27)23(8-14(25)26)19(28)29-13/h3-7,10H,1-2,8H2,(H,25,26). The van der Waals surface area contributed by atoms with Crippen molar-refractivity contribution >= 4 is 62.6 Å². The first-order valence-electron chi connectivity index (χ1n) is 9.03. The van der Waals surface area contributed by atoms with Crippen LogP contribution in [0.25, 0.3) is 22.3 Å². The third-order valence-corrected chi connectivity index (χ3v) is 7.18. The number of thiocarbonyl (C=S) groups is 1. The van der Waals surface area contributed by atoms with Gasteiger partial charge in [0.1, 0.15) is 21.7 Å². The Hall–Kier alpha value is -2.63. The molecular weight excluding hydrogens is 447 g/mol. The zero-order chi connectivity index (χ0) is 21.0. The summed E-state index contributed by atoms with van der Waals surface area (Å²) in [5, 5.41) is 14.7. The van der Waals surface area contributed by atoms with E-state index in [-0.39, 0.29) is 10.1 Å². The highest BCUT2D eigenvalue weighted by Gasteiger charge is 2.34. The largest absolute Gasteiger partial charge is 0.480 e. The molecule has 152 valence electrons. The number of benzene rings is 1. The quantitative estimate of drug-likeness (QED) is 0.458. The van der Waals surface area contributed by atoms with Gasteiger partial charge in [-0.1, -0.05) is 35.3 Å². The molecule has 1 saturated carbocycles. The van der Waals surface area contributed by atoms with Crippen LogP contribution in [0.4, 0.5) is 4.39 Å². The topological polar surface area (TPSA) is 87.8 Å². The van der Waals surface area contributed by atoms with Crippen molar-refractivity contribution in [2.24, 2.45) is 0 Å². The summed E-state index contributed by atoms with van der Waals surface area (Å²) in [5.74, 6) is -1.51. The monoisotopic (exact) mass is 460 g/mol. The number of aliphatic carboxylic acids is 1. The average Bonchev–Trinajstić information content (AvgIpc) is 3.32. The van der Waals surface area contributed by atoms with E-state index in [0.29, 0.717) is 32.7 Å². The van der Waals surface area contributed by atoms with E-state index >= 15 is 0 Å². The minimum Gasteiger partial charge on any atom is -0.480 e. The van der Waals surface area contributed by atoms with Crippen molar-refractivity contribution in [2.75, 3.05) is 6.54 Å². The first-order valence-corrected chi connectivity index (χ1v) is 11.1. The van der Waals surface area contributed by atoms with Gasteiger partial charge in [0.15, 0.2) is 0 Å². The zero-order valence-electron chi connectivity index (χ0n) is 15.2. The van der Waals surface area contributed by atoms with E-state index in [2.05, 4.69) is 10.1 Å². The van der Waals surface area contributed by atoms with Crippen LogP contribution in [0.15, 0.2) is 29.2 Å². The molecule has 1 amide bonds. The molecule has 30 heavy (non-hydrogen) atoms. The summed E-state index contributed by atoms with van der Waals surface area (Å²) in [4.78, 5) is 30.5. The van der Waals surface area contributed by atoms with Gasteiger partial charge in [0.25, 0.3) is 5.91 Å². The van der Waals surface area contributed by atoms with Crippen molar-refractivity contribution in [3.8, 4) is 11.3 Å². The predicted octanol–water partition coefficient (Wildman–Crippen LogP) is 3.76. The fourth-order valence-electron chi connectivity index (χ4n) is 3.12.